The Morgan fingerprint density at radius 3 is 2.76 bits per heavy atom. The Bertz CT molecular complexity index is 779. The number of hydrogen-bond acceptors (Lipinski definition) is 8. The zero-order chi connectivity index (χ0) is 15.7. The van der Waals surface area contributed by atoms with E-state index in [1.807, 2.05) is 0 Å². The predicted octanol–water partition coefficient (Wildman–Crippen LogP) is 3.45. The lowest BCUT2D eigenvalue weighted by Crippen LogP contribution is -2.16. The van der Waals surface area contributed by atoms with Crippen molar-refractivity contribution in [1.29, 1.82) is 0 Å². The van der Waals surface area contributed by atoms with Gasteiger partial charge in [-0.15, -0.1) is 0 Å². The highest BCUT2D eigenvalue weighted by molar-refractivity contribution is 9.10. The van der Waals surface area contributed by atoms with Crippen LogP contribution in [0.2, 0.25) is 0 Å². The van der Waals surface area contributed by atoms with E-state index in [0.29, 0.717) is 11.3 Å². The minimum atomic E-state index is -1.08. The third-order valence-corrected chi connectivity index (χ3v) is 3.64. The van der Waals surface area contributed by atoms with Crippen molar-refractivity contribution in [1.82, 2.24) is 0 Å². The smallest absolute Gasteiger partial charge is 0.431 e. The van der Waals surface area contributed by atoms with Gasteiger partial charge in [0, 0.05) is 6.07 Å². The number of ether oxygens (including phenoxy) is 2. The summed E-state index contributed by atoms with van der Waals surface area (Å²) in [5.41, 5.74) is -0.496. The van der Waals surface area contributed by atoms with Gasteiger partial charge in [-0.25, -0.2) is 9.59 Å². The summed E-state index contributed by atoms with van der Waals surface area (Å²) < 4.78 is 14.6. The summed E-state index contributed by atoms with van der Waals surface area (Å²) in [7, 11) is 0. The highest BCUT2D eigenvalue weighted by Gasteiger charge is 2.29. The first-order valence-electron chi connectivity index (χ1n) is 5.58. The largest absolute Gasteiger partial charge is 0.514 e. The summed E-state index contributed by atoms with van der Waals surface area (Å²) >= 11 is 3.60. The average molecular weight is 378 g/mol. The number of hydrogen-bond donors (Lipinski definition) is 0. The molecule has 21 heavy (non-hydrogen) atoms. The quantitative estimate of drug-likeness (QED) is 0.348. The van der Waals surface area contributed by atoms with Gasteiger partial charge >= 0.3 is 16.8 Å². The van der Waals surface area contributed by atoms with Crippen LogP contribution < -0.4 is 9.68 Å². The molecule has 0 aliphatic carbocycles. The molecule has 2 rings (SSSR count). The normalized spacial score (nSPS) is 10.9. The van der Waals surface area contributed by atoms with Crippen molar-refractivity contribution in [2.24, 2.45) is 0 Å². The fourth-order valence-corrected chi connectivity index (χ4v) is 2.75. The second-order valence-corrected chi connectivity index (χ2v) is 5.89. The van der Waals surface area contributed by atoms with Crippen molar-refractivity contribution in [3.05, 3.63) is 30.4 Å². The molecule has 1 heterocycles. The lowest BCUT2D eigenvalue weighted by atomic mass is 10.3. The van der Waals surface area contributed by atoms with Gasteiger partial charge in [0.05, 0.1) is 15.5 Å². The van der Waals surface area contributed by atoms with E-state index in [-0.39, 0.29) is 20.5 Å². The number of halogens is 1. The fraction of sp³-hybridized carbons (Fsp3) is 0.273. The molecular formula is C11H8BrNO7S. The van der Waals surface area contributed by atoms with Gasteiger partial charge in [-0.3, -0.25) is 10.1 Å². The molecule has 0 spiro atoms. The van der Waals surface area contributed by atoms with E-state index < -0.39 is 27.8 Å². The van der Waals surface area contributed by atoms with Crippen LogP contribution in [0.25, 0.3) is 10.3 Å². The zero-order valence-corrected chi connectivity index (χ0v) is 13.1. The van der Waals surface area contributed by atoms with Gasteiger partial charge < -0.3 is 13.9 Å². The van der Waals surface area contributed by atoms with Crippen molar-refractivity contribution < 1.29 is 23.6 Å². The number of rotatable bonds is 3. The van der Waals surface area contributed by atoms with Gasteiger partial charge in [-0.05, 0) is 41.1 Å². The summed E-state index contributed by atoms with van der Waals surface area (Å²) in [4.78, 5) is 32.5. The zero-order valence-electron chi connectivity index (χ0n) is 10.7. The Labute approximate surface area is 129 Å². The van der Waals surface area contributed by atoms with Gasteiger partial charge in [-0.1, -0.05) is 0 Å². The van der Waals surface area contributed by atoms with Crippen LogP contribution in [0.1, 0.15) is 13.8 Å². The van der Waals surface area contributed by atoms with Crippen LogP contribution in [0.15, 0.2) is 19.8 Å². The molecule has 2 aromatic rings. The Hall–Kier alpha value is -1.94. The number of carbonyl (C=O) groups excluding carboxylic acids is 1. The number of nitrogens with zero attached hydrogens (tertiary/aromatic N) is 1. The topological polar surface area (TPSA) is 109 Å². The highest BCUT2D eigenvalue weighted by Crippen LogP contribution is 2.42. The molecule has 1 aromatic heterocycles. The number of fused-ring (bicyclic) bond motifs is 1. The van der Waals surface area contributed by atoms with E-state index in [4.69, 9.17) is 13.9 Å². The van der Waals surface area contributed by atoms with Crippen molar-refractivity contribution in [3.63, 3.8) is 0 Å². The van der Waals surface area contributed by atoms with E-state index >= 15 is 0 Å². The molecule has 0 bridgehead atoms. The third-order valence-electron chi connectivity index (χ3n) is 2.21. The number of benzene rings is 1. The Balaban J connectivity index is 2.58. The van der Waals surface area contributed by atoms with Gasteiger partial charge in [0.25, 0.3) is 0 Å². The maximum atomic E-state index is 11.5. The van der Waals surface area contributed by atoms with Gasteiger partial charge in [0.15, 0.2) is 10.3 Å². The minimum Gasteiger partial charge on any atom is -0.431 e. The molecule has 0 N–H and O–H groups in total. The first-order chi connectivity index (χ1) is 9.79. The molecule has 112 valence electrons. The average Bonchev–Trinajstić information content (AvgIpc) is 2.67. The Kier molecular flexibility index (Phi) is 4.28. The monoisotopic (exact) mass is 377 g/mol. The second kappa shape index (κ2) is 5.82. The molecule has 0 saturated heterocycles. The first kappa shape index (κ1) is 15.4. The molecule has 0 unspecified atom stereocenters. The maximum absolute atomic E-state index is 11.5. The maximum Gasteiger partial charge on any atom is 0.514 e. The summed E-state index contributed by atoms with van der Waals surface area (Å²) in [5.74, 6) is -0.338. The standard InChI is InChI=1S/C11H8BrNO7S/c1-4(2)18-10(14)20-8-5(12)3-6-9(7(8)13(16)17)21-11(15)19-6/h3-4H,1-2H3. The minimum absolute atomic E-state index is 0.0134. The lowest BCUT2D eigenvalue weighted by molar-refractivity contribution is -0.383. The fourth-order valence-electron chi connectivity index (χ4n) is 1.51. The summed E-state index contributed by atoms with van der Waals surface area (Å²) in [6.45, 7) is 3.21. The highest BCUT2D eigenvalue weighted by atomic mass is 79.9. The van der Waals surface area contributed by atoms with Crippen LogP contribution in [0.3, 0.4) is 0 Å². The van der Waals surface area contributed by atoms with Crippen LogP contribution >= 0.6 is 27.3 Å². The summed E-state index contributed by atoms with van der Waals surface area (Å²) in [6.07, 6.45) is -1.52. The molecule has 0 fully saturated rings. The molecule has 10 heteroatoms. The van der Waals surface area contributed by atoms with Crippen molar-refractivity contribution in [3.8, 4) is 5.75 Å². The van der Waals surface area contributed by atoms with Crippen LogP contribution in [0.4, 0.5) is 10.5 Å². The van der Waals surface area contributed by atoms with E-state index in [9.17, 15) is 19.7 Å². The van der Waals surface area contributed by atoms with E-state index in [0.717, 1.165) is 0 Å². The van der Waals surface area contributed by atoms with Crippen LogP contribution in [0, 0.1) is 10.1 Å². The van der Waals surface area contributed by atoms with Crippen LogP contribution in [0.5, 0.6) is 5.75 Å². The summed E-state index contributed by atoms with van der Waals surface area (Å²) in [6, 6.07) is 1.32. The van der Waals surface area contributed by atoms with Crippen molar-refractivity contribution in [2.75, 3.05) is 0 Å². The summed E-state index contributed by atoms with van der Waals surface area (Å²) in [5, 5.41) is 11.2. The van der Waals surface area contributed by atoms with Crippen LogP contribution in [-0.4, -0.2) is 17.2 Å². The first-order valence-corrected chi connectivity index (χ1v) is 7.19. The molecule has 8 nitrogen and oxygen atoms in total. The van der Waals surface area contributed by atoms with Gasteiger partial charge in [0.1, 0.15) is 0 Å². The van der Waals surface area contributed by atoms with Crippen LogP contribution in [-0.2, 0) is 4.74 Å². The van der Waals surface area contributed by atoms with E-state index in [1.54, 1.807) is 13.8 Å². The predicted molar refractivity (Wildman–Crippen MR) is 77.0 cm³/mol. The molecule has 0 aliphatic heterocycles. The van der Waals surface area contributed by atoms with Gasteiger partial charge in [0.2, 0.25) is 5.75 Å². The molecule has 0 atom stereocenters. The number of carbonyl (C=O) groups is 1. The molecule has 0 aliphatic rings. The second-order valence-electron chi connectivity index (χ2n) is 4.09. The molecule has 1 aromatic carbocycles. The SMILES string of the molecule is CC(C)OC(=O)Oc1c(Br)cc2oc(=O)sc2c1[N+](=O)[O-]. The van der Waals surface area contributed by atoms with E-state index in [1.165, 1.54) is 6.07 Å². The van der Waals surface area contributed by atoms with E-state index in [2.05, 4.69) is 15.9 Å². The third kappa shape index (κ3) is 3.22. The molecule has 0 saturated carbocycles. The molecular weight excluding hydrogens is 370 g/mol. The lowest BCUT2D eigenvalue weighted by Gasteiger charge is -2.09. The number of nitro benzene ring substituents is 1. The Morgan fingerprint density at radius 1 is 1.52 bits per heavy atom. The number of nitro groups is 1. The van der Waals surface area contributed by atoms with Crippen molar-refractivity contribution >= 4 is 49.4 Å². The Morgan fingerprint density at radius 2 is 2.19 bits per heavy atom. The molecule has 0 amide bonds. The van der Waals surface area contributed by atoms with Crippen molar-refractivity contribution in [2.45, 2.75) is 20.0 Å². The van der Waals surface area contributed by atoms with Gasteiger partial charge in [-0.2, -0.15) is 0 Å². The molecule has 0 radical (unpaired) electrons.